The van der Waals surface area contributed by atoms with Crippen molar-refractivity contribution in [1.29, 1.82) is 0 Å². The summed E-state index contributed by atoms with van der Waals surface area (Å²) in [6.45, 7) is 0.677. The van der Waals surface area contributed by atoms with Crippen LogP contribution < -0.4 is 9.47 Å². The van der Waals surface area contributed by atoms with Crippen molar-refractivity contribution < 1.29 is 19.0 Å². The van der Waals surface area contributed by atoms with Gasteiger partial charge in [-0.05, 0) is 59.9 Å². The van der Waals surface area contributed by atoms with Gasteiger partial charge in [0.25, 0.3) is 5.91 Å². The van der Waals surface area contributed by atoms with Crippen molar-refractivity contribution in [3.8, 4) is 11.5 Å². The molecule has 1 aliphatic carbocycles. The Morgan fingerprint density at radius 3 is 2.52 bits per heavy atom. The lowest BCUT2D eigenvalue weighted by Gasteiger charge is -2.39. The van der Waals surface area contributed by atoms with Crippen molar-refractivity contribution in [3.63, 3.8) is 0 Å². The van der Waals surface area contributed by atoms with Crippen molar-refractivity contribution in [2.24, 2.45) is 5.92 Å². The molecular weight excluding hydrogens is 362 g/mol. The van der Waals surface area contributed by atoms with Gasteiger partial charge in [-0.2, -0.15) is 0 Å². The van der Waals surface area contributed by atoms with Crippen molar-refractivity contribution in [3.05, 3.63) is 45.6 Å². The van der Waals surface area contributed by atoms with Gasteiger partial charge in [0.2, 0.25) is 0 Å². The van der Waals surface area contributed by atoms with Gasteiger partial charge in [-0.25, -0.2) is 0 Å². The molecule has 2 atom stereocenters. The first-order chi connectivity index (χ1) is 13.2. The number of benzene rings is 1. The predicted molar refractivity (Wildman–Crippen MR) is 105 cm³/mol. The van der Waals surface area contributed by atoms with Crippen LogP contribution in [-0.2, 0) is 16.0 Å². The molecule has 144 valence electrons. The number of nitrogens with zero attached hydrogens (tertiary/aromatic N) is 1. The van der Waals surface area contributed by atoms with Crippen LogP contribution in [0.3, 0.4) is 0 Å². The number of carbonyl (C=O) groups excluding carboxylic acids is 1. The fourth-order valence-electron chi connectivity index (χ4n) is 3.99. The number of thiophene rings is 1. The Labute approximate surface area is 163 Å². The molecule has 2 unspecified atom stereocenters. The van der Waals surface area contributed by atoms with E-state index in [1.54, 1.807) is 32.7 Å². The van der Waals surface area contributed by atoms with Crippen LogP contribution in [0.25, 0.3) is 0 Å². The largest absolute Gasteiger partial charge is 0.493 e. The zero-order valence-corrected chi connectivity index (χ0v) is 16.8. The smallest absolute Gasteiger partial charge is 0.252 e. The summed E-state index contributed by atoms with van der Waals surface area (Å²) >= 11 is 1.67. The second-order valence-electron chi connectivity index (χ2n) is 7.10. The van der Waals surface area contributed by atoms with Gasteiger partial charge in [0, 0.05) is 18.5 Å². The zero-order chi connectivity index (χ0) is 19.0. The summed E-state index contributed by atoms with van der Waals surface area (Å²) in [5.74, 6) is 1.88. The fraction of sp³-hybridized carbons (Fsp3) is 0.476. The van der Waals surface area contributed by atoms with E-state index in [9.17, 15) is 4.79 Å². The van der Waals surface area contributed by atoms with Crippen molar-refractivity contribution in [2.45, 2.75) is 31.4 Å². The second-order valence-corrected chi connectivity index (χ2v) is 8.08. The Balaban J connectivity index is 1.77. The van der Waals surface area contributed by atoms with Crippen LogP contribution in [0.1, 0.15) is 34.9 Å². The molecule has 2 heterocycles. The van der Waals surface area contributed by atoms with Gasteiger partial charge in [0.15, 0.2) is 11.5 Å². The number of hydrogen-bond acceptors (Lipinski definition) is 5. The summed E-state index contributed by atoms with van der Waals surface area (Å²) in [7, 11) is 4.94. The Kier molecular flexibility index (Phi) is 5.10. The highest BCUT2D eigenvalue weighted by Gasteiger charge is 2.42. The van der Waals surface area contributed by atoms with Crippen LogP contribution >= 0.6 is 11.3 Å². The SMILES string of the molecule is COc1cc2c(cc1OC)C(c1cccs1)N(C(=O)C(OC)C1CC1)CC2. The van der Waals surface area contributed by atoms with E-state index in [0.29, 0.717) is 18.2 Å². The molecule has 1 amide bonds. The zero-order valence-electron chi connectivity index (χ0n) is 15.9. The number of methoxy groups -OCH3 is 3. The van der Waals surface area contributed by atoms with E-state index in [1.165, 1.54) is 5.56 Å². The quantitative estimate of drug-likeness (QED) is 0.759. The normalized spacial score (nSPS) is 20.1. The predicted octanol–water partition coefficient (Wildman–Crippen LogP) is 3.66. The molecule has 1 saturated carbocycles. The fourth-order valence-corrected chi connectivity index (χ4v) is 4.85. The first-order valence-electron chi connectivity index (χ1n) is 9.29. The van der Waals surface area contributed by atoms with Crippen LogP contribution in [0.2, 0.25) is 0 Å². The number of hydrogen-bond donors (Lipinski definition) is 0. The van der Waals surface area contributed by atoms with E-state index >= 15 is 0 Å². The van der Waals surface area contributed by atoms with Crippen molar-refractivity contribution in [1.82, 2.24) is 4.90 Å². The lowest BCUT2D eigenvalue weighted by molar-refractivity contribution is -0.145. The summed E-state index contributed by atoms with van der Waals surface area (Å²) in [5.41, 5.74) is 2.32. The summed E-state index contributed by atoms with van der Waals surface area (Å²) in [5, 5.41) is 2.06. The number of amides is 1. The summed E-state index contributed by atoms with van der Waals surface area (Å²) in [4.78, 5) is 16.5. The van der Waals surface area contributed by atoms with Crippen LogP contribution in [0.15, 0.2) is 29.6 Å². The molecule has 1 aliphatic heterocycles. The molecule has 0 N–H and O–H groups in total. The third-order valence-corrected chi connectivity index (χ3v) is 6.44. The number of rotatable bonds is 6. The third kappa shape index (κ3) is 3.32. The minimum atomic E-state index is -0.339. The Morgan fingerprint density at radius 1 is 1.19 bits per heavy atom. The Morgan fingerprint density at radius 2 is 1.93 bits per heavy atom. The van der Waals surface area contributed by atoms with E-state index in [2.05, 4.69) is 11.4 Å². The highest BCUT2D eigenvalue weighted by molar-refractivity contribution is 7.10. The Hall–Kier alpha value is -2.05. The molecule has 0 bridgehead atoms. The molecule has 1 aromatic heterocycles. The standard InChI is InChI=1S/C21H25NO4S/c1-24-16-11-14-8-9-22(21(23)20(26-3)13-6-7-13)19(18-5-4-10-27-18)15(14)12-17(16)25-2/h4-5,10-13,19-20H,6-9H2,1-3H3. The molecular formula is C21H25NO4S. The number of carbonyl (C=O) groups is 1. The third-order valence-electron chi connectivity index (χ3n) is 5.52. The maximum atomic E-state index is 13.4. The minimum absolute atomic E-state index is 0.0961. The number of fused-ring (bicyclic) bond motifs is 1. The maximum absolute atomic E-state index is 13.4. The molecule has 2 aromatic rings. The maximum Gasteiger partial charge on any atom is 0.252 e. The van der Waals surface area contributed by atoms with Crippen LogP contribution in [-0.4, -0.2) is 44.8 Å². The summed E-state index contributed by atoms with van der Waals surface area (Å²) in [6.07, 6.45) is 2.60. The molecule has 0 radical (unpaired) electrons. The van der Waals surface area contributed by atoms with Crippen LogP contribution in [0, 0.1) is 5.92 Å². The second kappa shape index (κ2) is 7.52. The van der Waals surface area contributed by atoms with Crippen LogP contribution in [0.5, 0.6) is 11.5 Å². The van der Waals surface area contributed by atoms with Gasteiger partial charge in [-0.15, -0.1) is 11.3 Å². The van der Waals surface area contributed by atoms with Crippen LogP contribution in [0.4, 0.5) is 0 Å². The van der Waals surface area contributed by atoms with E-state index in [1.807, 2.05) is 23.1 Å². The molecule has 0 saturated heterocycles. The van der Waals surface area contributed by atoms with E-state index in [0.717, 1.165) is 35.5 Å². The topological polar surface area (TPSA) is 48.0 Å². The molecule has 6 heteroatoms. The highest BCUT2D eigenvalue weighted by atomic mass is 32.1. The van der Waals surface area contributed by atoms with E-state index < -0.39 is 0 Å². The molecule has 4 rings (SSSR count). The summed E-state index contributed by atoms with van der Waals surface area (Å²) in [6, 6.07) is 8.09. The average Bonchev–Trinajstić information content (AvgIpc) is 3.38. The average molecular weight is 388 g/mol. The first kappa shape index (κ1) is 18.3. The van der Waals surface area contributed by atoms with E-state index in [4.69, 9.17) is 14.2 Å². The van der Waals surface area contributed by atoms with Gasteiger partial charge < -0.3 is 19.1 Å². The molecule has 2 aliphatic rings. The molecule has 0 spiro atoms. The van der Waals surface area contributed by atoms with Crippen molar-refractivity contribution in [2.75, 3.05) is 27.9 Å². The highest BCUT2D eigenvalue weighted by Crippen LogP contribution is 2.44. The van der Waals surface area contributed by atoms with Gasteiger partial charge in [0.1, 0.15) is 6.10 Å². The van der Waals surface area contributed by atoms with Gasteiger partial charge in [0.05, 0.1) is 20.3 Å². The first-order valence-corrected chi connectivity index (χ1v) is 10.2. The monoisotopic (exact) mass is 387 g/mol. The molecule has 27 heavy (non-hydrogen) atoms. The molecule has 5 nitrogen and oxygen atoms in total. The van der Waals surface area contributed by atoms with Crippen molar-refractivity contribution >= 4 is 17.2 Å². The lowest BCUT2D eigenvalue weighted by atomic mass is 9.90. The van der Waals surface area contributed by atoms with Gasteiger partial charge in [-0.3, -0.25) is 4.79 Å². The Bertz CT molecular complexity index is 816. The molecule has 1 aromatic carbocycles. The molecule has 1 fully saturated rings. The number of ether oxygens (including phenoxy) is 3. The summed E-state index contributed by atoms with van der Waals surface area (Å²) < 4.78 is 16.6. The van der Waals surface area contributed by atoms with Gasteiger partial charge >= 0.3 is 0 Å². The minimum Gasteiger partial charge on any atom is -0.493 e. The van der Waals surface area contributed by atoms with E-state index in [-0.39, 0.29) is 18.1 Å². The van der Waals surface area contributed by atoms with Gasteiger partial charge in [-0.1, -0.05) is 6.07 Å². The lowest BCUT2D eigenvalue weighted by Crippen LogP contribution is -2.46.